The van der Waals surface area contributed by atoms with Gasteiger partial charge in [0.25, 0.3) is 5.92 Å². The zero-order valence-corrected chi connectivity index (χ0v) is 7.71. The standard InChI is InChI=1S/C8H13F2NO3/c9-8(10)3-5-14-11(6-8)4-1-2-7(12)13/h1-6H2,(H,12,13). The number of carboxylic acid groups (broad SMARTS) is 1. The van der Waals surface area contributed by atoms with Crippen molar-refractivity contribution in [2.75, 3.05) is 19.7 Å². The smallest absolute Gasteiger partial charge is 0.303 e. The third kappa shape index (κ3) is 3.97. The first-order chi connectivity index (χ1) is 6.49. The summed E-state index contributed by atoms with van der Waals surface area (Å²) in [5, 5.41) is 9.48. The molecule has 0 spiro atoms. The van der Waals surface area contributed by atoms with Crippen molar-refractivity contribution in [2.45, 2.75) is 25.2 Å². The molecule has 6 heteroatoms. The molecule has 0 radical (unpaired) electrons. The summed E-state index contributed by atoms with van der Waals surface area (Å²) >= 11 is 0. The average Bonchev–Trinajstić information content (AvgIpc) is 2.01. The molecule has 0 unspecified atom stereocenters. The first-order valence-corrected chi connectivity index (χ1v) is 4.47. The van der Waals surface area contributed by atoms with Crippen LogP contribution in [0.15, 0.2) is 0 Å². The van der Waals surface area contributed by atoms with Gasteiger partial charge in [-0.25, -0.2) is 8.78 Å². The van der Waals surface area contributed by atoms with Crippen LogP contribution in [0.25, 0.3) is 0 Å². The monoisotopic (exact) mass is 209 g/mol. The van der Waals surface area contributed by atoms with E-state index in [0.717, 1.165) is 5.06 Å². The number of aliphatic carboxylic acids is 1. The molecule has 1 N–H and O–H groups in total. The Morgan fingerprint density at radius 2 is 2.29 bits per heavy atom. The van der Waals surface area contributed by atoms with Gasteiger partial charge in [-0.3, -0.25) is 9.63 Å². The largest absolute Gasteiger partial charge is 0.481 e. The van der Waals surface area contributed by atoms with Gasteiger partial charge in [0.1, 0.15) is 0 Å². The molecule has 1 saturated heterocycles. The Morgan fingerprint density at radius 3 is 2.86 bits per heavy atom. The van der Waals surface area contributed by atoms with Crippen LogP contribution in [0.3, 0.4) is 0 Å². The summed E-state index contributed by atoms with van der Waals surface area (Å²) in [6.45, 7) is -0.200. The summed E-state index contributed by atoms with van der Waals surface area (Å²) in [5.41, 5.74) is 0. The molecule has 14 heavy (non-hydrogen) atoms. The predicted molar refractivity (Wildman–Crippen MR) is 44.0 cm³/mol. The van der Waals surface area contributed by atoms with Crippen molar-refractivity contribution in [2.24, 2.45) is 0 Å². The Balaban J connectivity index is 2.21. The van der Waals surface area contributed by atoms with Crippen molar-refractivity contribution in [1.29, 1.82) is 0 Å². The number of nitrogens with zero attached hydrogens (tertiary/aromatic N) is 1. The molecule has 1 heterocycles. The molecule has 1 aliphatic rings. The van der Waals surface area contributed by atoms with Crippen LogP contribution in [0.1, 0.15) is 19.3 Å². The van der Waals surface area contributed by atoms with E-state index in [-0.39, 0.29) is 26.0 Å². The van der Waals surface area contributed by atoms with Gasteiger partial charge < -0.3 is 5.11 Å². The van der Waals surface area contributed by atoms with Crippen molar-refractivity contribution in [3.05, 3.63) is 0 Å². The van der Waals surface area contributed by atoms with E-state index in [4.69, 9.17) is 9.94 Å². The number of hydroxylamine groups is 2. The number of hydrogen-bond donors (Lipinski definition) is 1. The second-order valence-corrected chi connectivity index (χ2v) is 3.30. The fraction of sp³-hybridized carbons (Fsp3) is 0.875. The first kappa shape index (κ1) is 11.3. The Hall–Kier alpha value is -0.750. The minimum absolute atomic E-state index is 0.0000709. The second-order valence-electron chi connectivity index (χ2n) is 3.30. The first-order valence-electron chi connectivity index (χ1n) is 4.47. The van der Waals surface area contributed by atoms with Gasteiger partial charge in [-0.1, -0.05) is 0 Å². The molecule has 82 valence electrons. The Bertz CT molecular complexity index is 211. The molecule has 0 aromatic heterocycles. The number of carbonyl (C=O) groups is 1. The lowest BCUT2D eigenvalue weighted by Crippen LogP contribution is -2.43. The second kappa shape index (κ2) is 4.65. The molecule has 0 aliphatic carbocycles. The fourth-order valence-corrected chi connectivity index (χ4v) is 1.26. The van der Waals surface area contributed by atoms with Crippen LogP contribution in [0.2, 0.25) is 0 Å². The summed E-state index contributed by atoms with van der Waals surface area (Å²) in [6.07, 6.45) is 0.0409. The van der Waals surface area contributed by atoms with E-state index in [0.29, 0.717) is 6.42 Å². The third-order valence-corrected chi connectivity index (χ3v) is 1.95. The van der Waals surface area contributed by atoms with E-state index in [1.165, 1.54) is 0 Å². The highest BCUT2D eigenvalue weighted by molar-refractivity contribution is 5.66. The molecule has 1 fully saturated rings. The maximum Gasteiger partial charge on any atom is 0.303 e. The summed E-state index contributed by atoms with van der Waals surface area (Å²) in [6, 6.07) is 0. The van der Waals surface area contributed by atoms with Crippen molar-refractivity contribution < 1.29 is 23.5 Å². The molecular weight excluding hydrogens is 196 g/mol. The molecule has 1 aliphatic heterocycles. The summed E-state index contributed by atoms with van der Waals surface area (Å²) in [5.74, 6) is -3.63. The number of hydrogen-bond acceptors (Lipinski definition) is 3. The topological polar surface area (TPSA) is 49.8 Å². The highest BCUT2D eigenvalue weighted by Gasteiger charge is 2.35. The average molecular weight is 209 g/mol. The SMILES string of the molecule is O=C(O)CCCN1CC(F)(F)CCO1. The van der Waals surface area contributed by atoms with E-state index in [9.17, 15) is 13.6 Å². The van der Waals surface area contributed by atoms with Crippen LogP contribution in [-0.4, -0.2) is 41.8 Å². The van der Waals surface area contributed by atoms with Gasteiger partial charge in [0.05, 0.1) is 13.2 Å². The molecule has 0 atom stereocenters. The quantitative estimate of drug-likeness (QED) is 0.753. The lowest BCUT2D eigenvalue weighted by Gasteiger charge is -2.31. The number of rotatable bonds is 4. The maximum atomic E-state index is 12.8. The molecule has 0 aromatic rings. The van der Waals surface area contributed by atoms with Crippen molar-refractivity contribution in [3.63, 3.8) is 0 Å². The van der Waals surface area contributed by atoms with E-state index >= 15 is 0 Å². The Morgan fingerprint density at radius 1 is 1.57 bits per heavy atom. The van der Waals surface area contributed by atoms with Crippen molar-refractivity contribution >= 4 is 5.97 Å². The van der Waals surface area contributed by atoms with Crippen LogP contribution < -0.4 is 0 Å². The van der Waals surface area contributed by atoms with E-state index < -0.39 is 18.4 Å². The van der Waals surface area contributed by atoms with E-state index in [1.807, 2.05) is 0 Å². The molecule has 1 rings (SSSR count). The van der Waals surface area contributed by atoms with Gasteiger partial charge in [-0.15, -0.1) is 0 Å². The van der Waals surface area contributed by atoms with Crippen LogP contribution in [0.4, 0.5) is 8.78 Å². The predicted octanol–water partition coefficient (Wildman–Crippen LogP) is 1.12. The van der Waals surface area contributed by atoms with Crippen LogP contribution in [0, 0.1) is 0 Å². The van der Waals surface area contributed by atoms with Gasteiger partial charge >= 0.3 is 5.97 Å². The van der Waals surface area contributed by atoms with Gasteiger partial charge in [-0.2, -0.15) is 5.06 Å². The third-order valence-electron chi connectivity index (χ3n) is 1.95. The molecule has 0 amide bonds. The zero-order chi connectivity index (χ0) is 10.6. The van der Waals surface area contributed by atoms with Gasteiger partial charge in [0.2, 0.25) is 0 Å². The van der Waals surface area contributed by atoms with E-state index in [1.54, 1.807) is 0 Å². The summed E-state index contributed by atoms with van der Waals surface area (Å²) in [7, 11) is 0. The van der Waals surface area contributed by atoms with Crippen LogP contribution in [-0.2, 0) is 9.63 Å². The van der Waals surface area contributed by atoms with Gasteiger partial charge in [0.15, 0.2) is 0 Å². The number of alkyl halides is 2. The van der Waals surface area contributed by atoms with Gasteiger partial charge in [0, 0.05) is 19.4 Å². The fourth-order valence-electron chi connectivity index (χ4n) is 1.26. The number of carboxylic acids is 1. The molecule has 0 aromatic carbocycles. The summed E-state index contributed by atoms with van der Waals surface area (Å²) in [4.78, 5) is 15.1. The minimum atomic E-state index is -2.71. The molecular formula is C8H13F2NO3. The van der Waals surface area contributed by atoms with Crippen molar-refractivity contribution in [3.8, 4) is 0 Å². The zero-order valence-electron chi connectivity index (χ0n) is 7.71. The normalized spacial score (nSPS) is 22.1. The maximum absolute atomic E-state index is 12.8. The van der Waals surface area contributed by atoms with Crippen LogP contribution >= 0.6 is 0 Å². The highest BCUT2D eigenvalue weighted by atomic mass is 19.3. The Kier molecular flexibility index (Phi) is 3.77. The molecule has 0 bridgehead atoms. The molecule has 4 nitrogen and oxygen atoms in total. The number of halogens is 2. The van der Waals surface area contributed by atoms with E-state index in [2.05, 4.69) is 0 Å². The molecule has 0 saturated carbocycles. The van der Waals surface area contributed by atoms with Crippen molar-refractivity contribution in [1.82, 2.24) is 5.06 Å². The Labute approximate surface area is 80.4 Å². The lowest BCUT2D eigenvalue weighted by atomic mass is 10.2. The van der Waals surface area contributed by atoms with Crippen LogP contribution in [0.5, 0.6) is 0 Å². The lowest BCUT2D eigenvalue weighted by molar-refractivity contribution is -0.245. The summed E-state index contributed by atoms with van der Waals surface area (Å²) < 4.78 is 25.6. The highest BCUT2D eigenvalue weighted by Crippen LogP contribution is 2.24. The minimum Gasteiger partial charge on any atom is -0.481 e. The van der Waals surface area contributed by atoms with Gasteiger partial charge in [-0.05, 0) is 6.42 Å².